The molecule has 2 aromatic carbocycles. The summed E-state index contributed by atoms with van der Waals surface area (Å²) in [5, 5.41) is 11.6. The van der Waals surface area contributed by atoms with Crippen LogP contribution >= 0.6 is 23.2 Å². The van der Waals surface area contributed by atoms with Gasteiger partial charge >= 0.3 is 0 Å². The molecule has 92 valence electrons. The van der Waals surface area contributed by atoms with Crippen LogP contribution in [0, 0.1) is 15.9 Å². The Balaban J connectivity index is 2.70. The molecule has 0 heterocycles. The molecule has 2 aromatic rings. The zero-order chi connectivity index (χ0) is 13.3. The lowest BCUT2D eigenvalue weighted by atomic mass is 10.0. The van der Waals surface area contributed by atoms with Crippen molar-refractivity contribution in [2.75, 3.05) is 0 Å². The van der Waals surface area contributed by atoms with E-state index in [0.717, 1.165) is 12.1 Å². The normalized spacial score (nSPS) is 10.4. The Morgan fingerprint density at radius 1 is 1.06 bits per heavy atom. The van der Waals surface area contributed by atoms with Gasteiger partial charge in [-0.3, -0.25) is 10.1 Å². The Morgan fingerprint density at radius 3 is 2.44 bits per heavy atom. The number of nitrogens with zero attached hydrogens (tertiary/aromatic N) is 1. The third-order valence-electron chi connectivity index (χ3n) is 2.38. The molecule has 3 nitrogen and oxygen atoms in total. The standard InChI is InChI=1S/C12H6Cl2FNO2/c13-7-1-4-11(14)10(5-7)9-3-2-8(15)6-12(9)16(17)18/h1-6H. The van der Waals surface area contributed by atoms with Crippen molar-refractivity contribution in [3.05, 3.63) is 62.4 Å². The SMILES string of the molecule is O=[N+]([O-])c1cc(F)ccc1-c1cc(Cl)ccc1Cl. The highest BCUT2D eigenvalue weighted by molar-refractivity contribution is 6.35. The molecule has 0 spiro atoms. The van der Waals surface area contributed by atoms with Gasteiger partial charge in [-0.15, -0.1) is 0 Å². The summed E-state index contributed by atoms with van der Waals surface area (Å²) in [5.74, 6) is -0.677. The molecule has 2 rings (SSSR count). The van der Waals surface area contributed by atoms with E-state index in [4.69, 9.17) is 23.2 Å². The van der Waals surface area contributed by atoms with Crippen molar-refractivity contribution in [1.82, 2.24) is 0 Å². The van der Waals surface area contributed by atoms with Gasteiger partial charge < -0.3 is 0 Å². The van der Waals surface area contributed by atoms with Gasteiger partial charge in [0.25, 0.3) is 5.69 Å². The maximum absolute atomic E-state index is 13.0. The highest BCUT2D eigenvalue weighted by atomic mass is 35.5. The van der Waals surface area contributed by atoms with Crippen LogP contribution in [0.4, 0.5) is 10.1 Å². The van der Waals surface area contributed by atoms with Crippen molar-refractivity contribution in [3.63, 3.8) is 0 Å². The quantitative estimate of drug-likeness (QED) is 0.592. The van der Waals surface area contributed by atoms with E-state index < -0.39 is 10.7 Å². The Hall–Kier alpha value is -1.65. The van der Waals surface area contributed by atoms with Crippen molar-refractivity contribution in [1.29, 1.82) is 0 Å². The summed E-state index contributed by atoms with van der Waals surface area (Å²) in [6, 6.07) is 7.91. The zero-order valence-electron chi connectivity index (χ0n) is 8.86. The molecule has 0 aliphatic carbocycles. The molecule has 0 aliphatic rings. The fraction of sp³-hybridized carbons (Fsp3) is 0. The van der Waals surface area contributed by atoms with Gasteiger partial charge in [-0.25, -0.2) is 4.39 Å². The summed E-state index contributed by atoms with van der Waals surface area (Å²) in [7, 11) is 0. The monoisotopic (exact) mass is 285 g/mol. The van der Waals surface area contributed by atoms with E-state index in [0.29, 0.717) is 15.6 Å². The summed E-state index contributed by atoms with van der Waals surface area (Å²) >= 11 is 11.8. The lowest BCUT2D eigenvalue weighted by Crippen LogP contribution is -1.93. The van der Waals surface area contributed by atoms with Crippen LogP contribution in [-0.4, -0.2) is 4.92 Å². The van der Waals surface area contributed by atoms with E-state index in [1.807, 2.05) is 0 Å². The minimum atomic E-state index is -0.677. The first kappa shape index (κ1) is 12.8. The minimum Gasteiger partial charge on any atom is -0.258 e. The van der Waals surface area contributed by atoms with Crippen LogP contribution in [0.3, 0.4) is 0 Å². The van der Waals surface area contributed by atoms with Crippen molar-refractivity contribution >= 4 is 28.9 Å². The van der Waals surface area contributed by atoms with Gasteiger partial charge in [0.2, 0.25) is 0 Å². The number of hydrogen-bond donors (Lipinski definition) is 0. The van der Waals surface area contributed by atoms with Crippen LogP contribution in [0.2, 0.25) is 10.0 Å². The van der Waals surface area contributed by atoms with Gasteiger partial charge in [-0.2, -0.15) is 0 Å². The second-order valence-electron chi connectivity index (χ2n) is 3.54. The molecule has 0 radical (unpaired) electrons. The zero-order valence-corrected chi connectivity index (χ0v) is 10.4. The Kier molecular flexibility index (Phi) is 3.50. The van der Waals surface area contributed by atoms with Crippen LogP contribution in [0.1, 0.15) is 0 Å². The molecule has 6 heteroatoms. The number of nitro groups is 1. The topological polar surface area (TPSA) is 43.1 Å². The predicted octanol–water partition coefficient (Wildman–Crippen LogP) is 4.71. The highest BCUT2D eigenvalue weighted by Crippen LogP contribution is 2.36. The first-order valence-corrected chi connectivity index (χ1v) is 5.64. The summed E-state index contributed by atoms with van der Waals surface area (Å²) in [6.07, 6.45) is 0. The minimum absolute atomic E-state index is 0.230. The lowest BCUT2D eigenvalue weighted by Gasteiger charge is -2.06. The molecule has 0 saturated carbocycles. The van der Waals surface area contributed by atoms with E-state index in [9.17, 15) is 14.5 Å². The second-order valence-corrected chi connectivity index (χ2v) is 4.39. The summed E-state index contributed by atoms with van der Waals surface area (Å²) < 4.78 is 13.0. The predicted molar refractivity (Wildman–Crippen MR) is 68.5 cm³/mol. The molecule has 0 fully saturated rings. The maximum atomic E-state index is 13.0. The fourth-order valence-electron chi connectivity index (χ4n) is 1.59. The lowest BCUT2D eigenvalue weighted by molar-refractivity contribution is -0.384. The largest absolute Gasteiger partial charge is 0.280 e. The van der Waals surface area contributed by atoms with Crippen LogP contribution in [0.25, 0.3) is 11.1 Å². The second kappa shape index (κ2) is 4.92. The van der Waals surface area contributed by atoms with E-state index in [-0.39, 0.29) is 11.3 Å². The first-order chi connectivity index (χ1) is 8.49. The van der Waals surface area contributed by atoms with Crippen molar-refractivity contribution in [2.45, 2.75) is 0 Å². The smallest absolute Gasteiger partial charge is 0.258 e. The van der Waals surface area contributed by atoms with Gasteiger partial charge in [0, 0.05) is 15.6 Å². The fourth-order valence-corrected chi connectivity index (χ4v) is 1.98. The third-order valence-corrected chi connectivity index (χ3v) is 2.94. The average Bonchev–Trinajstić information content (AvgIpc) is 2.32. The number of rotatable bonds is 2. The molecule has 0 amide bonds. The molecule has 0 N–H and O–H groups in total. The number of nitro benzene ring substituents is 1. The molecule has 0 unspecified atom stereocenters. The number of hydrogen-bond acceptors (Lipinski definition) is 2. The number of halogens is 3. The van der Waals surface area contributed by atoms with Crippen LogP contribution < -0.4 is 0 Å². The Morgan fingerprint density at radius 2 is 1.78 bits per heavy atom. The Bertz CT molecular complexity index is 631. The molecule has 0 saturated heterocycles. The highest BCUT2D eigenvalue weighted by Gasteiger charge is 2.18. The average molecular weight is 286 g/mol. The molecule has 0 aliphatic heterocycles. The Labute approximate surface area is 112 Å². The van der Waals surface area contributed by atoms with Crippen LogP contribution in [0.15, 0.2) is 36.4 Å². The van der Waals surface area contributed by atoms with Crippen LogP contribution in [-0.2, 0) is 0 Å². The van der Waals surface area contributed by atoms with E-state index in [1.54, 1.807) is 6.07 Å². The summed E-state index contributed by atoms with van der Waals surface area (Å²) in [5.41, 5.74) is 0.281. The molecule has 0 atom stereocenters. The maximum Gasteiger partial charge on any atom is 0.280 e. The number of benzene rings is 2. The van der Waals surface area contributed by atoms with Crippen molar-refractivity contribution in [3.8, 4) is 11.1 Å². The molecule has 18 heavy (non-hydrogen) atoms. The van der Waals surface area contributed by atoms with E-state index in [2.05, 4.69) is 0 Å². The van der Waals surface area contributed by atoms with Gasteiger partial charge in [0.15, 0.2) is 0 Å². The van der Waals surface area contributed by atoms with Crippen molar-refractivity contribution in [2.24, 2.45) is 0 Å². The summed E-state index contributed by atoms with van der Waals surface area (Å²) in [4.78, 5) is 10.2. The van der Waals surface area contributed by atoms with Crippen molar-refractivity contribution < 1.29 is 9.31 Å². The van der Waals surface area contributed by atoms with Crippen LogP contribution in [0.5, 0.6) is 0 Å². The molecular weight excluding hydrogens is 280 g/mol. The van der Waals surface area contributed by atoms with Gasteiger partial charge in [-0.1, -0.05) is 23.2 Å². The molecule has 0 bridgehead atoms. The molecule has 0 aromatic heterocycles. The van der Waals surface area contributed by atoms with Gasteiger partial charge in [0.1, 0.15) is 5.82 Å². The summed E-state index contributed by atoms with van der Waals surface area (Å²) in [6.45, 7) is 0. The van der Waals surface area contributed by atoms with E-state index >= 15 is 0 Å². The van der Waals surface area contributed by atoms with E-state index in [1.165, 1.54) is 18.2 Å². The third kappa shape index (κ3) is 2.44. The van der Waals surface area contributed by atoms with Gasteiger partial charge in [-0.05, 0) is 30.3 Å². The van der Waals surface area contributed by atoms with Gasteiger partial charge in [0.05, 0.1) is 16.6 Å². The first-order valence-electron chi connectivity index (χ1n) is 4.88. The molecular formula is C12H6Cl2FNO2.